The molecule has 1 atom stereocenters. The molecule has 0 bridgehead atoms. The van der Waals surface area contributed by atoms with Crippen LogP contribution in [0, 0.1) is 0 Å². The maximum atomic E-state index is 11.0. The summed E-state index contributed by atoms with van der Waals surface area (Å²) in [7, 11) is 0. The van der Waals surface area contributed by atoms with E-state index in [2.05, 4.69) is 6.92 Å². The molecule has 0 saturated heterocycles. The van der Waals surface area contributed by atoms with Crippen molar-refractivity contribution in [3.05, 3.63) is 35.9 Å². The molecule has 0 aliphatic rings. The lowest BCUT2D eigenvalue weighted by molar-refractivity contribution is -0.151. The fourth-order valence-corrected chi connectivity index (χ4v) is 1.49. The molecule has 0 heterocycles. The van der Waals surface area contributed by atoms with Gasteiger partial charge in [-0.25, -0.2) is 4.79 Å². The number of aliphatic carboxylic acids is 1. The van der Waals surface area contributed by atoms with E-state index in [9.17, 15) is 4.79 Å². The number of hydrogen-bond donors (Lipinski definition) is 1. The summed E-state index contributed by atoms with van der Waals surface area (Å²) in [5.74, 6) is -0.928. The second-order valence-corrected chi connectivity index (χ2v) is 3.71. The van der Waals surface area contributed by atoms with E-state index in [-0.39, 0.29) is 0 Å². The van der Waals surface area contributed by atoms with Crippen LogP contribution in [-0.4, -0.2) is 17.7 Å². The van der Waals surface area contributed by atoms with Crippen molar-refractivity contribution in [2.75, 3.05) is 6.61 Å². The average Bonchev–Trinajstić information content (AvgIpc) is 2.30. The summed E-state index contributed by atoms with van der Waals surface area (Å²) >= 11 is 0. The molecule has 1 rings (SSSR count). The molecule has 1 aromatic carbocycles. The van der Waals surface area contributed by atoms with E-state index in [1.165, 1.54) is 0 Å². The van der Waals surface area contributed by atoms with E-state index < -0.39 is 12.1 Å². The highest BCUT2D eigenvalue weighted by Crippen LogP contribution is 2.17. The molecule has 3 heteroatoms. The molecule has 0 amide bonds. The van der Waals surface area contributed by atoms with Gasteiger partial charge in [-0.15, -0.1) is 0 Å². The SMILES string of the molecule is CCCCCOC(C(=O)O)c1ccccc1. The lowest BCUT2D eigenvalue weighted by Crippen LogP contribution is -2.15. The van der Waals surface area contributed by atoms with Gasteiger partial charge in [0.25, 0.3) is 0 Å². The predicted molar refractivity (Wildman–Crippen MR) is 62.3 cm³/mol. The van der Waals surface area contributed by atoms with Crippen LogP contribution in [0.5, 0.6) is 0 Å². The first-order valence-electron chi connectivity index (χ1n) is 5.65. The van der Waals surface area contributed by atoms with Gasteiger partial charge in [-0.3, -0.25) is 0 Å². The van der Waals surface area contributed by atoms with Crippen LogP contribution in [0.4, 0.5) is 0 Å². The Hall–Kier alpha value is -1.35. The molecule has 1 unspecified atom stereocenters. The molecule has 0 fully saturated rings. The number of rotatable bonds is 7. The number of unbranched alkanes of at least 4 members (excludes halogenated alkanes) is 2. The van der Waals surface area contributed by atoms with Crippen molar-refractivity contribution < 1.29 is 14.6 Å². The fourth-order valence-electron chi connectivity index (χ4n) is 1.49. The minimum atomic E-state index is -0.928. The molecule has 1 aromatic rings. The van der Waals surface area contributed by atoms with Gasteiger partial charge in [-0.2, -0.15) is 0 Å². The zero-order chi connectivity index (χ0) is 11.8. The van der Waals surface area contributed by atoms with E-state index in [1.54, 1.807) is 12.1 Å². The first-order chi connectivity index (χ1) is 7.75. The number of hydrogen-bond acceptors (Lipinski definition) is 2. The third-order valence-electron chi connectivity index (χ3n) is 2.36. The first-order valence-corrected chi connectivity index (χ1v) is 5.65. The summed E-state index contributed by atoms with van der Waals surface area (Å²) in [5, 5.41) is 9.06. The van der Waals surface area contributed by atoms with E-state index in [0.29, 0.717) is 12.2 Å². The Morgan fingerprint density at radius 2 is 2.00 bits per heavy atom. The highest BCUT2D eigenvalue weighted by molar-refractivity contribution is 5.74. The highest BCUT2D eigenvalue weighted by atomic mass is 16.5. The second-order valence-electron chi connectivity index (χ2n) is 3.71. The largest absolute Gasteiger partial charge is 0.479 e. The average molecular weight is 222 g/mol. The Morgan fingerprint density at radius 3 is 2.56 bits per heavy atom. The van der Waals surface area contributed by atoms with Gasteiger partial charge in [0.05, 0.1) is 0 Å². The zero-order valence-electron chi connectivity index (χ0n) is 9.56. The maximum absolute atomic E-state index is 11.0. The number of ether oxygens (including phenoxy) is 1. The fraction of sp³-hybridized carbons (Fsp3) is 0.462. The van der Waals surface area contributed by atoms with Crippen molar-refractivity contribution in [2.24, 2.45) is 0 Å². The second kappa shape index (κ2) is 7.01. The molecular formula is C13H18O3. The summed E-state index contributed by atoms with van der Waals surface area (Å²) in [5.41, 5.74) is 0.700. The van der Waals surface area contributed by atoms with Crippen molar-refractivity contribution in [2.45, 2.75) is 32.3 Å². The topological polar surface area (TPSA) is 46.5 Å². The Morgan fingerprint density at radius 1 is 1.31 bits per heavy atom. The molecular weight excluding hydrogens is 204 g/mol. The van der Waals surface area contributed by atoms with Crippen LogP contribution in [0.3, 0.4) is 0 Å². The van der Waals surface area contributed by atoms with Crippen LogP contribution >= 0.6 is 0 Å². The van der Waals surface area contributed by atoms with Gasteiger partial charge in [0.15, 0.2) is 6.10 Å². The number of benzene rings is 1. The number of carbonyl (C=O) groups is 1. The van der Waals surface area contributed by atoms with Crippen molar-refractivity contribution >= 4 is 5.97 Å². The van der Waals surface area contributed by atoms with Crippen LogP contribution in [0.25, 0.3) is 0 Å². The van der Waals surface area contributed by atoms with Gasteiger partial charge in [0.2, 0.25) is 0 Å². The van der Waals surface area contributed by atoms with Gasteiger partial charge in [-0.1, -0.05) is 50.1 Å². The lowest BCUT2D eigenvalue weighted by Gasteiger charge is -2.13. The van der Waals surface area contributed by atoms with Gasteiger partial charge in [0.1, 0.15) is 0 Å². The summed E-state index contributed by atoms with van der Waals surface area (Å²) in [6, 6.07) is 9.05. The smallest absolute Gasteiger partial charge is 0.337 e. The Kier molecular flexibility index (Phi) is 5.57. The molecule has 0 aliphatic carbocycles. The molecule has 16 heavy (non-hydrogen) atoms. The summed E-state index contributed by atoms with van der Waals surface area (Å²) < 4.78 is 5.39. The molecule has 88 valence electrons. The standard InChI is InChI=1S/C13H18O3/c1-2-3-7-10-16-12(13(14)15)11-8-5-4-6-9-11/h4-6,8-9,12H,2-3,7,10H2,1H3,(H,14,15). The molecule has 0 aromatic heterocycles. The van der Waals surface area contributed by atoms with Crippen molar-refractivity contribution in [3.63, 3.8) is 0 Å². The minimum Gasteiger partial charge on any atom is -0.479 e. The molecule has 3 nitrogen and oxygen atoms in total. The van der Waals surface area contributed by atoms with E-state index in [0.717, 1.165) is 19.3 Å². The number of carboxylic acid groups (broad SMARTS) is 1. The number of carboxylic acids is 1. The summed E-state index contributed by atoms with van der Waals surface area (Å²) in [6.45, 7) is 2.60. The van der Waals surface area contributed by atoms with E-state index in [4.69, 9.17) is 9.84 Å². The molecule has 0 saturated carbocycles. The molecule has 1 N–H and O–H groups in total. The van der Waals surface area contributed by atoms with Crippen LogP contribution in [0.2, 0.25) is 0 Å². The summed E-state index contributed by atoms with van der Waals surface area (Å²) in [6.07, 6.45) is 2.25. The normalized spacial score (nSPS) is 12.3. The van der Waals surface area contributed by atoms with Crippen LogP contribution < -0.4 is 0 Å². The first kappa shape index (κ1) is 12.7. The maximum Gasteiger partial charge on any atom is 0.337 e. The molecule has 0 aliphatic heterocycles. The van der Waals surface area contributed by atoms with Crippen LogP contribution in [-0.2, 0) is 9.53 Å². The highest BCUT2D eigenvalue weighted by Gasteiger charge is 2.19. The Labute approximate surface area is 96.1 Å². The van der Waals surface area contributed by atoms with E-state index >= 15 is 0 Å². The monoisotopic (exact) mass is 222 g/mol. The zero-order valence-corrected chi connectivity index (χ0v) is 9.56. The van der Waals surface area contributed by atoms with Gasteiger partial charge < -0.3 is 9.84 Å². The molecule has 0 radical (unpaired) electrons. The van der Waals surface area contributed by atoms with Crippen molar-refractivity contribution in [1.29, 1.82) is 0 Å². The van der Waals surface area contributed by atoms with Crippen LogP contribution in [0.1, 0.15) is 37.9 Å². The Bertz CT molecular complexity index is 308. The third kappa shape index (κ3) is 4.03. The third-order valence-corrected chi connectivity index (χ3v) is 2.36. The molecule has 0 spiro atoms. The van der Waals surface area contributed by atoms with Gasteiger partial charge in [-0.05, 0) is 12.0 Å². The predicted octanol–water partition coefficient (Wildman–Crippen LogP) is 3.02. The summed E-state index contributed by atoms with van der Waals surface area (Å²) in [4.78, 5) is 11.0. The van der Waals surface area contributed by atoms with E-state index in [1.807, 2.05) is 18.2 Å². The quantitative estimate of drug-likeness (QED) is 0.721. The van der Waals surface area contributed by atoms with Crippen molar-refractivity contribution in [1.82, 2.24) is 0 Å². The lowest BCUT2D eigenvalue weighted by atomic mass is 10.1. The van der Waals surface area contributed by atoms with Gasteiger partial charge >= 0.3 is 5.97 Å². The minimum absolute atomic E-state index is 0.500. The van der Waals surface area contributed by atoms with Crippen LogP contribution in [0.15, 0.2) is 30.3 Å². The van der Waals surface area contributed by atoms with Gasteiger partial charge in [0, 0.05) is 6.61 Å². The Balaban J connectivity index is 2.52. The van der Waals surface area contributed by atoms with Crippen molar-refractivity contribution in [3.8, 4) is 0 Å².